The number of fused-ring (bicyclic) bond motifs is 1. The lowest BCUT2D eigenvalue weighted by molar-refractivity contribution is 0.0678. The van der Waals surface area contributed by atoms with Crippen molar-refractivity contribution in [2.75, 3.05) is 20.3 Å². The van der Waals surface area contributed by atoms with Crippen molar-refractivity contribution in [1.29, 1.82) is 0 Å². The third kappa shape index (κ3) is 5.33. The van der Waals surface area contributed by atoms with E-state index in [0.717, 1.165) is 32.8 Å². The topological polar surface area (TPSA) is 51.7 Å². The number of thiazole rings is 1. The molecule has 3 aromatic carbocycles. The van der Waals surface area contributed by atoms with E-state index in [1.807, 2.05) is 60.8 Å². The van der Waals surface area contributed by atoms with Crippen LogP contribution >= 0.6 is 11.3 Å². The maximum atomic E-state index is 13.1. The minimum absolute atomic E-state index is 0.0210. The Bertz CT molecular complexity index is 1200. The molecule has 0 fully saturated rings. The van der Waals surface area contributed by atoms with Crippen LogP contribution in [-0.2, 0) is 17.9 Å². The predicted octanol–water partition coefficient (Wildman–Crippen LogP) is 5.47. The van der Waals surface area contributed by atoms with Crippen LogP contribution in [0.5, 0.6) is 5.75 Å². The Morgan fingerprint density at radius 1 is 1.06 bits per heavy atom. The second-order valence-electron chi connectivity index (χ2n) is 7.59. The molecule has 32 heavy (non-hydrogen) atoms. The maximum absolute atomic E-state index is 13.1. The third-order valence-corrected chi connectivity index (χ3v) is 6.04. The van der Waals surface area contributed by atoms with E-state index in [9.17, 15) is 4.79 Å². The molecule has 0 radical (unpaired) electrons. The van der Waals surface area contributed by atoms with E-state index in [-0.39, 0.29) is 5.91 Å². The van der Waals surface area contributed by atoms with Gasteiger partial charge in [-0.1, -0.05) is 54.1 Å². The normalized spacial score (nSPS) is 10.9. The van der Waals surface area contributed by atoms with Gasteiger partial charge in [0, 0.05) is 30.0 Å². The van der Waals surface area contributed by atoms with E-state index in [1.165, 1.54) is 0 Å². The Labute approximate surface area is 192 Å². The van der Waals surface area contributed by atoms with Crippen LogP contribution in [0.25, 0.3) is 10.8 Å². The summed E-state index contributed by atoms with van der Waals surface area (Å²) in [5.41, 5.74) is 2.59. The van der Waals surface area contributed by atoms with E-state index < -0.39 is 0 Å². The summed E-state index contributed by atoms with van der Waals surface area (Å²) in [6, 6.07) is 21.9. The van der Waals surface area contributed by atoms with Crippen LogP contribution in [-0.4, -0.2) is 36.1 Å². The van der Waals surface area contributed by atoms with Crippen molar-refractivity contribution in [3.05, 3.63) is 93.9 Å². The molecule has 0 spiro atoms. The lowest BCUT2D eigenvalue weighted by Crippen LogP contribution is -2.33. The van der Waals surface area contributed by atoms with Crippen molar-refractivity contribution in [2.24, 2.45) is 0 Å². The third-order valence-electron chi connectivity index (χ3n) is 5.17. The van der Waals surface area contributed by atoms with Gasteiger partial charge in [-0.3, -0.25) is 4.79 Å². The van der Waals surface area contributed by atoms with Crippen LogP contribution in [0, 0.1) is 6.92 Å². The monoisotopic (exact) mass is 446 g/mol. The Balaban J connectivity index is 1.44. The molecule has 164 valence electrons. The van der Waals surface area contributed by atoms with Gasteiger partial charge in [-0.2, -0.15) is 0 Å². The first kappa shape index (κ1) is 22.0. The van der Waals surface area contributed by atoms with Gasteiger partial charge in [-0.25, -0.2) is 4.98 Å². The summed E-state index contributed by atoms with van der Waals surface area (Å²) in [5, 5.41) is 5.10. The van der Waals surface area contributed by atoms with Crippen molar-refractivity contribution in [1.82, 2.24) is 9.88 Å². The summed E-state index contributed by atoms with van der Waals surface area (Å²) in [6.07, 6.45) is 0. The number of nitrogens with zero attached hydrogens (tertiary/aromatic N) is 2. The summed E-state index contributed by atoms with van der Waals surface area (Å²) in [6.45, 7) is 3.78. The van der Waals surface area contributed by atoms with Crippen LogP contribution in [0.4, 0.5) is 0 Å². The largest absolute Gasteiger partial charge is 0.486 e. The summed E-state index contributed by atoms with van der Waals surface area (Å²) < 4.78 is 11.3. The zero-order chi connectivity index (χ0) is 22.3. The number of aryl methyl sites for hydroxylation is 1. The highest BCUT2D eigenvalue weighted by Crippen LogP contribution is 2.26. The summed E-state index contributed by atoms with van der Waals surface area (Å²) in [7, 11) is 1.64. The smallest absolute Gasteiger partial charge is 0.254 e. The molecule has 0 aliphatic rings. The highest BCUT2D eigenvalue weighted by molar-refractivity contribution is 7.09. The van der Waals surface area contributed by atoms with E-state index in [4.69, 9.17) is 14.5 Å². The standard InChI is InChI=1S/C26H26N2O3S/c1-19-7-5-10-21(15-19)26(29)28(13-14-30-2)16-22-18-32-25(27-22)17-31-24-12-6-9-20-8-3-4-11-23(20)24/h3-12,15,18H,13-14,16-17H2,1-2H3. The quantitative estimate of drug-likeness (QED) is 0.342. The van der Waals surface area contributed by atoms with Crippen molar-refractivity contribution in [3.8, 4) is 5.75 Å². The van der Waals surface area contributed by atoms with Gasteiger partial charge in [0.05, 0.1) is 18.8 Å². The zero-order valence-corrected chi connectivity index (χ0v) is 19.1. The lowest BCUT2D eigenvalue weighted by atomic mass is 10.1. The highest BCUT2D eigenvalue weighted by Gasteiger charge is 2.18. The number of ether oxygens (including phenoxy) is 2. The molecular weight excluding hydrogens is 420 g/mol. The Hall–Kier alpha value is -3.22. The minimum Gasteiger partial charge on any atom is -0.486 e. The van der Waals surface area contributed by atoms with Crippen LogP contribution in [0.15, 0.2) is 72.1 Å². The van der Waals surface area contributed by atoms with E-state index in [1.54, 1.807) is 23.3 Å². The molecule has 0 bridgehead atoms. The van der Waals surface area contributed by atoms with Gasteiger partial charge < -0.3 is 14.4 Å². The molecule has 1 heterocycles. The molecule has 4 aromatic rings. The van der Waals surface area contributed by atoms with Crippen LogP contribution in [0.2, 0.25) is 0 Å². The molecule has 0 unspecified atom stereocenters. The molecule has 6 heteroatoms. The van der Waals surface area contributed by atoms with Crippen LogP contribution in [0.1, 0.15) is 26.6 Å². The van der Waals surface area contributed by atoms with Gasteiger partial charge in [0.15, 0.2) is 0 Å². The number of aromatic nitrogens is 1. The second kappa shape index (κ2) is 10.4. The van der Waals surface area contributed by atoms with E-state index >= 15 is 0 Å². The maximum Gasteiger partial charge on any atom is 0.254 e. The number of benzene rings is 3. The van der Waals surface area contributed by atoms with Crippen molar-refractivity contribution in [3.63, 3.8) is 0 Å². The number of rotatable bonds is 9. The van der Waals surface area contributed by atoms with E-state index in [2.05, 4.69) is 18.2 Å². The minimum atomic E-state index is -0.0210. The first-order valence-corrected chi connectivity index (χ1v) is 11.4. The number of hydrogen-bond donors (Lipinski definition) is 0. The number of carbonyl (C=O) groups is 1. The first-order valence-electron chi connectivity index (χ1n) is 10.5. The predicted molar refractivity (Wildman–Crippen MR) is 128 cm³/mol. The molecule has 1 aromatic heterocycles. The molecule has 0 atom stereocenters. The summed E-state index contributed by atoms with van der Waals surface area (Å²) in [4.78, 5) is 19.6. The molecule has 0 N–H and O–H groups in total. The van der Waals surface area contributed by atoms with Crippen molar-refractivity contribution in [2.45, 2.75) is 20.1 Å². The van der Waals surface area contributed by atoms with Crippen molar-refractivity contribution >= 4 is 28.0 Å². The molecule has 0 aliphatic heterocycles. The molecular formula is C26H26N2O3S. The number of carbonyl (C=O) groups excluding carboxylic acids is 1. The SMILES string of the molecule is COCCN(Cc1csc(COc2cccc3ccccc23)n1)C(=O)c1cccc(C)c1. The molecule has 5 nitrogen and oxygen atoms in total. The molecule has 0 saturated carbocycles. The molecule has 1 amide bonds. The Morgan fingerprint density at radius 3 is 2.72 bits per heavy atom. The van der Waals surface area contributed by atoms with Gasteiger partial charge >= 0.3 is 0 Å². The van der Waals surface area contributed by atoms with Gasteiger partial charge in [0.25, 0.3) is 5.91 Å². The number of hydrogen-bond acceptors (Lipinski definition) is 5. The summed E-state index contributed by atoms with van der Waals surface area (Å²) >= 11 is 1.54. The molecule has 0 saturated heterocycles. The van der Waals surface area contributed by atoms with Gasteiger partial charge in [0.2, 0.25) is 0 Å². The zero-order valence-electron chi connectivity index (χ0n) is 18.3. The lowest BCUT2D eigenvalue weighted by Gasteiger charge is -2.21. The van der Waals surface area contributed by atoms with E-state index in [0.29, 0.717) is 31.9 Å². The van der Waals surface area contributed by atoms with Gasteiger partial charge in [-0.05, 0) is 30.5 Å². The fraction of sp³-hybridized carbons (Fsp3) is 0.231. The number of methoxy groups -OCH3 is 1. The highest BCUT2D eigenvalue weighted by atomic mass is 32.1. The van der Waals surface area contributed by atoms with Crippen LogP contribution in [0.3, 0.4) is 0 Å². The fourth-order valence-corrected chi connectivity index (χ4v) is 4.26. The average molecular weight is 447 g/mol. The fourth-order valence-electron chi connectivity index (χ4n) is 3.56. The second-order valence-corrected chi connectivity index (χ2v) is 8.53. The molecule has 0 aliphatic carbocycles. The number of amides is 1. The van der Waals surface area contributed by atoms with Crippen LogP contribution < -0.4 is 4.74 Å². The average Bonchev–Trinajstić information content (AvgIpc) is 3.27. The Morgan fingerprint density at radius 2 is 1.88 bits per heavy atom. The first-order chi connectivity index (χ1) is 15.6. The Kier molecular flexibility index (Phi) is 7.14. The van der Waals surface area contributed by atoms with Gasteiger partial charge in [0.1, 0.15) is 17.4 Å². The van der Waals surface area contributed by atoms with Gasteiger partial charge in [-0.15, -0.1) is 11.3 Å². The summed E-state index contributed by atoms with van der Waals surface area (Å²) in [5.74, 6) is 0.823. The van der Waals surface area contributed by atoms with Crippen molar-refractivity contribution < 1.29 is 14.3 Å². The molecule has 4 rings (SSSR count).